The zero-order chi connectivity index (χ0) is 36.3. The number of primary amides is 1. The number of nitro groups is 1. The van der Waals surface area contributed by atoms with Crippen LogP contribution in [0.4, 0.5) is 5.69 Å². The van der Waals surface area contributed by atoms with Gasteiger partial charge in [-0.3, -0.25) is 24.5 Å². The van der Waals surface area contributed by atoms with Crippen LogP contribution in [0.3, 0.4) is 0 Å². The largest absolute Gasteiger partial charge is 0.458 e. The van der Waals surface area contributed by atoms with E-state index in [1.54, 1.807) is 32.9 Å². The van der Waals surface area contributed by atoms with E-state index >= 15 is 0 Å². The van der Waals surface area contributed by atoms with E-state index < -0.39 is 68.3 Å². The van der Waals surface area contributed by atoms with Crippen molar-refractivity contribution in [2.45, 2.75) is 88.9 Å². The van der Waals surface area contributed by atoms with Gasteiger partial charge in [0, 0.05) is 50.5 Å². The minimum absolute atomic E-state index is 0.0902. The molecule has 0 aliphatic carbocycles. The number of esters is 1. The average Bonchev–Trinajstić information content (AvgIpc) is 3.43. The molecule has 2 N–H and O–H groups in total. The number of amides is 3. The number of carbonyl (C=O) groups excluding carboxylic acids is 4. The van der Waals surface area contributed by atoms with E-state index in [1.807, 2.05) is 32.0 Å². The number of ether oxygens (including phenoxy) is 1. The van der Waals surface area contributed by atoms with Crippen molar-refractivity contribution in [3.05, 3.63) is 70.3 Å². The fraction of sp³-hybridized carbons (Fsp3) is 0.529. The quantitative estimate of drug-likeness (QED) is 0.197. The summed E-state index contributed by atoms with van der Waals surface area (Å²) >= 11 is 0. The SMILES string of the molecule is CC(C)C[C@H]1C(=O)N([C@@H](Cc2ccccc2)C(=O)N2CC[C@H](CC(N)=O)[C@H]2C(=O)OC(C)(C)C)CCN1S(=O)(=O)c1ccc([N+](=O)[O-])cc1. The molecule has 266 valence electrons. The second-order valence-corrected chi connectivity index (χ2v) is 15.9. The summed E-state index contributed by atoms with van der Waals surface area (Å²) in [5, 5.41) is 11.2. The molecule has 14 nitrogen and oxygen atoms in total. The van der Waals surface area contributed by atoms with Crippen molar-refractivity contribution < 1.29 is 37.3 Å². The van der Waals surface area contributed by atoms with Crippen molar-refractivity contribution in [3.63, 3.8) is 0 Å². The molecule has 0 saturated carbocycles. The molecule has 4 rings (SSSR count). The smallest absolute Gasteiger partial charge is 0.329 e. The van der Waals surface area contributed by atoms with Crippen molar-refractivity contribution in [3.8, 4) is 0 Å². The highest BCUT2D eigenvalue weighted by atomic mass is 32.2. The second-order valence-electron chi connectivity index (χ2n) is 14.0. The number of carbonyl (C=O) groups is 4. The predicted octanol–water partition coefficient (Wildman–Crippen LogP) is 2.89. The molecule has 49 heavy (non-hydrogen) atoms. The van der Waals surface area contributed by atoms with Crippen LogP contribution in [0, 0.1) is 22.0 Å². The third-order valence-corrected chi connectivity index (χ3v) is 10.6. The molecule has 0 bridgehead atoms. The summed E-state index contributed by atoms with van der Waals surface area (Å²) < 4.78 is 34.6. The third-order valence-electron chi connectivity index (χ3n) is 8.68. The van der Waals surface area contributed by atoms with Crippen LogP contribution in [0.5, 0.6) is 0 Å². The Labute approximate surface area is 286 Å². The number of likely N-dealkylation sites (tertiary alicyclic amines) is 1. The van der Waals surface area contributed by atoms with Crippen LogP contribution in [0.2, 0.25) is 0 Å². The lowest BCUT2D eigenvalue weighted by Gasteiger charge is -2.44. The summed E-state index contributed by atoms with van der Waals surface area (Å²) in [4.78, 5) is 67.7. The van der Waals surface area contributed by atoms with Crippen molar-refractivity contribution >= 4 is 39.4 Å². The van der Waals surface area contributed by atoms with Crippen molar-refractivity contribution in [2.24, 2.45) is 17.6 Å². The van der Waals surface area contributed by atoms with Crippen LogP contribution in [-0.2, 0) is 40.4 Å². The van der Waals surface area contributed by atoms with E-state index in [4.69, 9.17) is 10.5 Å². The number of rotatable bonds is 12. The van der Waals surface area contributed by atoms with Crippen LogP contribution >= 0.6 is 0 Å². The first-order chi connectivity index (χ1) is 22.9. The zero-order valence-corrected chi connectivity index (χ0v) is 29.3. The zero-order valence-electron chi connectivity index (χ0n) is 28.5. The lowest BCUT2D eigenvalue weighted by Crippen LogP contribution is -2.64. The first-order valence-electron chi connectivity index (χ1n) is 16.3. The van der Waals surface area contributed by atoms with E-state index in [0.717, 1.165) is 34.1 Å². The Morgan fingerprint density at radius 2 is 1.65 bits per heavy atom. The number of piperazine rings is 1. The molecule has 2 aromatic rings. The summed E-state index contributed by atoms with van der Waals surface area (Å²) in [6.45, 7) is 8.67. The number of nitrogens with zero attached hydrogens (tertiary/aromatic N) is 4. The topological polar surface area (TPSA) is 191 Å². The summed E-state index contributed by atoms with van der Waals surface area (Å²) in [6, 6.07) is 10.2. The second kappa shape index (κ2) is 15.0. The van der Waals surface area contributed by atoms with Crippen molar-refractivity contribution in [1.82, 2.24) is 14.1 Å². The van der Waals surface area contributed by atoms with E-state index in [-0.39, 0.29) is 55.4 Å². The first kappa shape index (κ1) is 37.4. The fourth-order valence-corrected chi connectivity index (χ4v) is 8.13. The molecule has 2 saturated heterocycles. The van der Waals surface area contributed by atoms with Gasteiger partial charge in [-0.15, -0.1) is 0 Å². The van der Waals surface area contributed by atoms with E-state index in [0.29, 0.717) is 6.42 Å². The molecular formula is C34H45N5O9S. The predicted molar refractivity (Wildman–Crippen MR) is 179 cm³/mol. The van der Waals surface area contributed by atoms with Gasteiger partial charge in [-0.05, 0) is 57.2 Å². The van der Waals surface area contributed by atoms with Crippen molar-refractivity contribution in [1.29, 1.82) is 0 Å². The van der Waals surface area contributed by atoms with Gasteiger partial charge in [-0.25, -0.2) is 13.2 Å². The summed E-state index contributed by atoms with van der Waals surface area (Å²) in [5.74, 6) is -3.08. The van der Waals surface area contributed by atoms with Crippen LogP contribution < -0.4 is 5.73 Å². The highest BCUT2D eigenvalue weighted by Crippen LogP contribution is 2.33. The Hall–Kier alpha value is -4.37. The van der Waals surface area contributed by atoms with E-state index in [9.17, 15) is 37.7 Å². The number of sulfonamides is 1. The Balaban J connectivity index is 1.73. The van der Waals surface area contributed by atoms with Gasteiger partial charge in [-0.1, -0.05) is 44.2 Å². The number of hydrogen-bond acceptors (Lipinski definition) is 9. The monoisotopic (exact) mass is 699 g/mol. The highest BCUT2D eigenvalue weighted by molar-refractivity contribution is 7.89. The van der Waals surface area contributed by atoms with Crippen LogP contribution in [0.25, 0.3) is 0 Å². The lowest BCUT2D eigenvalue weighted by atomic mass is 9.95. The maximum atomic E-state index is 14.6. The van der Waals surface area contributed by atoms with Crippen molar-refractivity contribution in [2.75, 3.05) is 19.6 Å². The van der Waals surface area contributed by atoms with E-state index in [2.05, 4.69) is 0 Å². The average molecular weight is 700 g/mol. The molecule has 4 atom stereocenters. The van der Waals surface area contributed by atoms with Gasteiger partial charge in [0.15, 0.2) is 0 Å². The molecule has 0 radical (unpaired) electrons. The summed E-state index contributed by atoms with van der Waals surface area (Å²) in [6.07, 6.45) is 0.430. The minimum Gasteiger partial charge on any atom is -0.458 e. The number of benzene rings is 2. The molecule has 0 spiro atoms. The highest BCUT2D eigenvalue weighted by Gasteiger charge is 2.50. The number of hydrogen-bond donors (Lipinski definition) is 1. The van der Waals surface area contributed by atoms with Gasteiger partial charge >= 0.3 is 5.97 Å². The van der Waals surface area contributed by atoms with Gasteiger partial charge in [-0.2, -0.15) is 4.31 Å². The Morgan fingerprint density at radius 3 is 2.20 bits per heavy atom. The molecular weight excluding hydrogens is 654 g/mol. The number of nitrogens with two attached hydrogens (primary N) is 1. The minimum atomic E-state index is -4.27. The van der Waals surface area contributed by atoms with Gasteiger partial charge in [0.1, 0.15) is 23.7 Å². The molecule has 0 aromatic heterocycles. The Morgan fingerprint density at radius 1 is 1.02 bits per heavy atom. The van der Waals surface area contributed by atoms with Crippen LogP contribution in [-0.4, -0.2) is 94.5 Å². The van der Waals surface area contributed by atoms with E-state index in [1.165, 1.54) is 9.80 Å². The Bertz CT molecular complexity index is 1660. The summed E-state index contributed by atoms with van der Waals surface area (Å²) in [5.41, 5.74) is 5.12. The standard InChI is InChI=1S/C34H45N5O9S/c1-22(2)19-28-32(42)36(17-18-38(28)49(46,47)26-13-11-25(12-14-26)39(44)45)27(20-23-9-7-6-8-10-23)31(41)37-16-15-24(21-29(35)40)30(37)33(43)48-34(3,4)5/h6-14,22,24,27-28,30H,15-21H2,1-5H3,(H2,35,40)/t24-,27+,28+,30+/m1/s1. The lowest BCUT2D eigenvalue weighted by molar-refractivity contribution is -0.384. The van der Waals surface area contributed by atoms with Gasteiger partial charge in [0.2, 0.25) is 27.7 Å². The van der Waals surface area contributed by atoms with Gasteiger partial charge in [0.25, 0.3) is 5.69 Å². The normalized spacial score (nSPS) is 21.1. The number of non-ortho nitro benzene ring substituents is 1. The fourth-order valence-electron chi connectivity index (χ4n) is 6.54. The number of nitro benzene ring substituents is 1. The molecule has 2 aliphatic rings. The first-order valence-corrected chi connectivity index (χ1v) is 17.8. The molecule has 3 amide bonds. The maximum absolute atomic E-state index is 14.6. The maximum Gasteiger partial charge on any atom is 0.329 e. The molecule has 2 heterocycles. The molecule has 2 aliphatic heterocycles. The third kappa shape index (κ3) is 8.81. The Kier molecular flexibility index (Phi) is 11.5. The van der Waals surface area contributed by atoms with Gasteiger partial charge in [0.05, 0.1) is 9.82 Å². The molecule has 0 unspecified atom stereocenters. The van der Waals surface area contributed by atoms with Crippen LogP contribution in [0.15, 0.2) is 59.5 Å². The molecule has 2 aromatic carbocycles. The van der Waals surface area contributed by atoms with Gasteiger partial charge < -0.3 is 20.3 Å². The van der Waals surface area contributed by atoms with Crippen LogP contribution in [0.1, 0.15) is 59.4 Å². The summed E-state index contributed by atoms with van der Waals surface area (Å²) in [7, 11) is -4.27. The molecule has 15 heteroatoms. The molecule has 2 fully saturated rings.